The maximum atomic E-state index is 4.88. The first-order chi connectivity index (χ1) is 11.1. The van der Waals surface area contributed by atoms with Gasteiger partial charge in [-0.25, -0.2) is 4.89 Å². The number of likely N-dealkylation sites (N-methyl/N-ethyl adjacent to an activating group) is 1. The molecule has 0 heterocycles. The minimum Gasteiger partial charge on any atom is -0.305 e. The van der Waals surface area contributed by atoms with Gasteiger partial charge in [0.1, 0.15) is 0 Å². The smallest absolute Gasteiger partial charge is 0.0725 e. The van der Waals surface area contributed by atoms with E-state index < -0.39 is 0 Å². The highest BCUT2D eigenvalue weighted by atomic mass is 79.9. The van der Waals surface area contributed by atoms with Gasteiger partial charge >= 0.3 is 0 Å². The van der Waals surface area contributed by atoms with Gasteiger partial charge in [-0.15, -0.1) is 0 Å². The van der Waals surface area contributed by atoms with Crippen molar-refractivity contribution < 1.29 is 9.22 Å². The number of hydrogen-bond acceptors (Lipinski definition) is 4. The number of rotatable bonds is 7. The Morgan fingerprint density at radius 1 is 1.17 bits per heavy atom. The topological polar surface area (TPSA) is 21.7 Å². The molecular formula is C18H20BrNO2S. The van der Waals surface area contributed by atoms with Gasteiger partial charge in [0, 0.05) is 15.9 Å². The quantitative estimate of drug-likeness (QED) is 0.281. The third-order valence-corrected chi connectivity index (χ3v) is 4.26. The van der Waals surface area contributed by atoms with E-state index in [1.165, 1.54) is 35.9 Å². The van der Waals surface area contributed by atoms with Crippen LogP contribution in [-0.2, 0) is 9.22 Å². The lowest BCUT2D eigenvalue weighted by Gasteiger charge is -2.14. The highest BCUT2D eigenvalue weighted by Gasteiger charge is 2.05. The van der Waals surface area contributed by atoms with Crippen LogP contribution in [0.1, 0.15) is 11.1 Å². The molecule has 0 fully saturated rings. The Morgan fingerprint density at radius 2 is 1.91 bits per heavy atom. The van der Waals surface area contributed by atoms with Crippen LogP contribution < -0.4 is 0 Å². The normalized spacial score (nSPS) is 12.0. The molecule has 0 radical (unpaired) electrons. The van der Waals surface area contributed by atoms with Crippen LogP contribution >= 0.6 is 28.0 Å². The molecule has 122 valence electrons. The summed E-state index contributed by atoms with van der Waals surface area (Å²) in [5, 5.41) is 0. The summed E-state index contributed by atoms with van der Waals surface area (Å²) in [5.41, 5.74) is 3.63. The molecule has 0 aromatic heterocycles. The monoisotopic (exact) mass is 393 g/mol. The second-order valence-corrected chi connectivity index (χ2v) is 6.99. The van der Waals surface area contributed by atoms with E-state index in [1.807, 2.05) is 24.3 Å². The summed E-state index contributed by atoms with van der Waals surface area (Å²) < 4.78 is 5.96. The molecule has 0 bridgehead atoms. The van der Waals surface area contributed by atoms with Gasteiger partial charge in [0.25, 0.3) is 0 Å². The van der Waals surface area contributed by atoms with Gasteiger partial charge in [0.15, 0.2) is 0 Å². The van der Waals surface area contributed by atoms with Gasteiger partial charge in [-0.3, -0.25) is 0 Å². The van der Waals surface area contributed by atoms with Crippen molar-refractivity contribution in [3.05, 3.63) is 64.1 Å². The van der Waals surface area contributed by atoms with Crippen LogP contribution in [0.5, 0.6) is 0 Å². The third-order valence-electron chi connectivity index (χ3n) is 3.10. The standard InChI is InChI=1S/C18H20BrNO2S/c1-20(2)13-16(11-14-5-4-6-17(19)12-14)15-7-9-18(10-8-15)23-22-21-3/h4-12H,13H2,1-3H3/b16-11-. The Kier molecular flexibility index (Phi) is 7.33. The number of hydrogen-bond donors (Lipinski definition) is 0. The van der Waals surface area contributed by atoms with E-state index >= 15 is 0 Å². The van der Waals surface area contributed by atoms with E-state index in [0.717, 1.165) is 15.9 Å². The number of halogens is 1. The third kappa shape index (κ3) is 6.12. The molecule has 0 spiro atoms. The molecule has 0 aliphatic rings. The summed E-state index contributed by atoms with van der Waals surface area (Å²) in [7, 11) is 5.65. The SMILES string of the molecule is COOSc1ccc(/C(=C\c2cccc(Br)c2)CN(C)C)cc1. The predicted molar refractivity (Wildman–Crippen MR) is 101 cm³/mol. The van der Waals surface area contributed by atoms with Gasteiger partial charge in [0.05, 0.1) is 19.2 Å². The van der Waals surface area contributed by atoms with Gasteiger partial charge in [-0.1, -0.05) is 40.2 Å². The Hall–Kier alpha value is -1.11. The first kappa shape index (κ1) is 18.2. The lowest BCUT2D eigenvalue weighted by Crippen LogP contribution is -2.14. The zero-order valence-electron chi connectivity index (χ0n) is 13.5. The van der Waals surface area contributed by atoms with Crippen LogP contribution in [0, 0.1) is 0 Å². The van der Waals surface area contributed by atoms with E-state index in [0.29, 0.717) is 0 Å². The van der Waals surface area contributed by atoms with Crippen LogP contribution in [0.2, 0.25) is 0 Å². The molecule has 0 unspecified atom stereocenters. The summed E-state index contributed by atoms with van der Waals surface area (Å²) in [6, 6.07) is 16.6. The summed E-state index contributed by atoms with van der Waals surface area (Å²) in [4.78, 5) is 7.78. The van der Waals surface area contributed by atoms with Crippen molar-refractivity contribution in [3.63, 3.8) is 0 Å². The average molecular weight is 394 g/mol. The lowest BCUT2D eigenvalue weighted by molar-refractivity contribution is -0.160. The minimum absolute atomic E-state index is 0.869. The first-order valence-electron chi connectivity index (χ1n) is 7.17. The summed E-state index contributed by atoms with van der Waals surface area (Å²) in [6.07, 6.45) is 2.22. The fourth-order valence-corrected chi connectivity index (χ4v) is 2.97. The van der Waals surface area contributed by atoms with Crippen molar-refractivity contribution in [2.45, 2.75) is 4.90 Å². The van der Waals surface area contributed by atoms with E-state index in [-0.39, 0.29) is 0 Å². The fourth-order valence-electron chi connectivity index (χ4n) is 2.16. The van der Waals surface area contributed by atoms with E-state index in [4.69, 9.17) is 4.33 Å². The molecule has 23 heavy (non-hydrogen) atoms. The Morgan fingerprint density at radius 3 is 2.52 bits per heavy atom. The van der Waals surface area contributed by atoms with Crippen LogP contribution in [0.3, 0.4) is 0 Å². The molecular weight excluding hydrogens is 374 g/mol. The summed E-state index contributed by atoms with van der Waals surface area (Å²) >= 11 is 4.73. The molecule has 0 saturated carbocycles. The van der Waals surface area contributed by atoms with Crippen LogP contribution in [0.15, 0.2) is 57.9 Å². The highest BCUT2D eigenvalue weighted by molar-refractivity contribution is 9.10. The van der Waals surface area contributed by atoms with Crippen molar-refractivity contribution in [2.75, 3.05) is 27.7 Å². The molecule has 0 saturated heterocycles. The van der Waals surface area contributed by atoms with E-state index in [9.17, 15) is 0 Å². The van der Waals surface area contributed by atoms with Crippen molar-refractivity contribution >= 4 is 39.6 Å². The van der Waals surface area contributed by atoms with Crippen molar-refractivity contribution in [2.24, 2.45) is 0 Å². The molecule has 3 nitrogen and oxygen atoms in total. The van der Waals surface area contributed by atoms with Crippen LogP contribution in [0.25, 0.3) is 11.6 Å². The Labute approximate surface area is 150 Å². The number of nitrogens with zero attached hydrogens (tertiary/aromatic N) is 1. The molecule has 0 aliphatic carbocycles. The number of benzene rings is 2. The lowest BCUT2D eigenvalue weighted by atomic mass is 10.0. The second-order valence-electron chi connectivity index (χ2n) is 5.30. The Balaban J connectivity index is 2.27. The molecule has 2 aromatic rings. The summed E-state index contributed by atoms with van der Waals surface area (Å²) in [5.74, 6) is 0. The van der Waals surface area contributed by atoms with E-state index in [1.54, 1.807) is 0 Å². The van der Waals surface area contributed by atoms with Gasteiger partial charge in [-0.05, 0) is 61.1 Å². The van der Waals surface area contributed by atoms with Gasteiger partial charge < -0.3 is 4.90 Å². The maximum absolute atomic E-state index is 4.88. The maximum Gasteiger partial charge on any atom is 0.0725 e. The zero-order chi connectivity index (χ0) is 16.7. The van der Waals surface area contributed by atoms with Crippen molar-refractivity contribution in [3.8, 4) is 0 Å². The van der Waals surface area contributed by atoms with Crippen LogP contribution in [-0.4, -0.2) is 32.6 Å². The average Bonchev–Trinajstić information content (AvgIpc) is 2.52. The highest BCUT2D eigenvalue weighted by Crippen LogP contribution is 2.25. The Bertz CT molecular complexity index is 656. The molecule has 0 N–H and O–H groups in total. The zero-order valence-corrected chi connectivity index (χ0v) is 15.9. The van der Waals surface area contributed by atoms with E-state index in [2.05, 4.69) is 70.2 Å². The molecule has 2 rings (SSSR count). The fraction of sp³-hybridized carbons (Fsp3) is 0.222. The molecule has 0 aliphatic heterocycles. The first-order valence-corrected chi connectivity index (χ1v) is 8.70. The largest absolute Gasteiger partial charge is 0.305 e. The van der Waals surface area contributed by atoms with Crippen molar-refractivity contribution in [1.82, 2.24) is 4.90 Å². The molecule has 0 amide bonds. The molecule has 0 atom stereocenters. The van der Waals surface area contributed by atoms with Crippen molar-refractivity contribution in [1.29, 1.82) is 0 Å². The van der Waals surface area contributed by atoms with Crippen LogP contribution in [0.4, 0.5) is 0 Å². The van der Waals surface area contributed by atoms with Gasteiger partial charge in [-0.2, -0.15) is 4.33 Å². The molecule has 2 aromatic carbocycles. The summed E-state index contributed by atoms with van der Waals surface area (Å²) in [6.45, 7) is 0.869. The molecule has 5 heteroatoms. The minimum atomic E-state index is 0.869. The predicted octanol–water partition coefficient (Wildman–Crippen LogP) is 5.14. The second kappa shape index (κ2) is 9.25. The van der Waals surface area contributed by atoms with Gasteiger partial charge in [0.2, 0.25) is 0 Å².